The lowest BCUT2D eigenvalue weighted by atomic mass is 10.4. The Labute approximate surface area is 144 Å². The predicted molar refractivity (Wildman–Crippen MR) is 93.5 cm³/mol. The first kappa shape index (κ1) is 23.5. The number of rotatable bonds is 5. The van der Waals surface area contributed by atoms with E-state index in [4.69, 9.17) is 32.7 Å². The molecule has 22 heavy (non-hydrogen) atoms. The van der Waals surface area contributed by atoms with Crippen LogP contribution in [-0.4, -0.2) is 44.4 Å². The second-order valence-electron chi connectivity index (χ2n) is 3.87. The number of halogens is 2. The third kappa shape index (κ3) is 10.9. The smallest absolute Gasteiger partial charge is 0.219 e. The minimum atomic E-state index is -0.325. The van der Waals surface area contributed by atoms with Gasteiger partial charge in [-0.3, -0.25) is 4.79 Å². The van der Waals surface area contributed by atoms with Crippen molar-refractivity contribution in [2.24, 2.45) is 0 Å². The maximum Gasteiger partial charge on any atom is 0.219 e. The molecule has 0 aromatic heterocycles. The molecule has 0 aliphatic carbocycles. The summed E-state index contributed by atoms with van der Waals surface area (Å²) in [6.45, 7) is 8.62. The number of benzene rings is 1. The van der Waals surface area contributed by atoms with Crippen LogP contribution in [0.4, 0.5) is 0 Å². The highest BCUT2D eigenvalue weighted by atomic mass is 35.5. The molecule has 0 saturated carbocycles. The number of hydrogen-bond donors (Lipinski definition) is 0. The second-order valence-corrected chi connectivity index (χ2v) is 4.69. The zero-order valence-corrected chi connectivity index (χ0v) is 15.7. The molecule has 0 aliphatic heterocycles. The Kier molecular flexibility index (Phi) is 16.1. The number of carbonyl (C=O) groups is 1. The van der Waals surface area contributed by atoms with Crippen LogP contribution >= 0.6 is 23.2 Å². The summed E-state index contributed by atoms with van der Waals surface area (Å²) in [6, 6.07) is 7.19. The van der Waals surface area contributed by atoms with Crippen molar-refractivity contribution in [1.82, 2.24) is 4.90 Å². The van der Waals surface area contributed by atoms with E-state index in [2.05, 4.69) is 0 Å². The van der Waals surface area contributed by atoms with Crippen molar-refractivity contribution in [3.05, 3.63) is 34.3 Å². The zero-order valence-electron chi connectivity index (χ0n) is 14.2. The van der Waals surface area contributed by atoms with Crippen molar-refractivity contribution in [2.75, 3.05) is 27.3 Å². The van der Waals surface area contributed by atoms with Crippen LogP contribution in [0.25, 0.3) is 0 Å². The molecule has 1 rings (SSSR count). The molecular formula is C16H27Cl2NO3. The van der Waals surface area contributed by atoms with Crippen LogP contribution in [0.15, 0.2) is 24.3 Å². The fourth-order valence-electron chi connectivity index (χ4n) is 1.34. The highest BCUT2D eigenvalue weighted by Crippen LogP contribution is 2.19. The average Bonchev–Trinajstić information content (AvgIpc) is 2.54. The van der Waals surface area contributed by atoms with E-state index in [1.165, 1.54) is 6.92 Å². The van der Waals surface area contributed by atoms with Crippen molar-refractivity contribution in [1.29, 1.82) is 0 Å². The third-order valence-corrected chi connectivity index (χ3v) is 3.30. The molecule has 1 aromatic carbocycles. The van der Waals surface area contributed by atoms with Gasteiger partial charge in [-0.1, -0.05) is 49.2 Å². The topological polar surface area (TPSA) is 38.8 Å². The SMILES string of the molecule is CC.CCN(CC(OC)OC)C(C)=O.Clc1ccccc1Cl. The molecule has 0 aliphatic rings. The maximum atomic E-state index is 11.0. The van der Waals surface area contributed by atoms with Gasteiger partial charge in [-0.15, -0.1) is 0 Å². The largest absolute Gasteiger partial charge is 0.354 e. The van der Waals surface area contributed by atoms with Gasteiger partial charge in [-0.25, -0.2) is 0 Å². The van der Waals surface area contributed by atoms with Crippen LogP contribution in [0.3, 0.4) is 0 Å². The van der Waals surface area contributed by atoms with Gasteiger partial charge < -0.3 is 14.4 Å². The summed E-state index contributed by atoms with van der Waals surface area (Å²) in [5.74, 6) is 0.0385. The van der Waals surface area contributed by atoms with Crippen molar-refractivity contribution in [2.45, 2.75) is 34.0 Å². The van der Waals surface area contributed by atoms with Crippen LogP contribution in [0.5, 0.6) is 0 Å². The van der Waals surface area contributed by atoms with E-state index in [0.717, 1.165) is 0 Å². The molecular weight excluding hydrogens is 325 g/mol. The minimum absolute atomic E-state index is 0.0385. The van der Waals surface area contributed by atoms with E-state index in [-0.39, 0.29) is 12.2 Å². The van der Waals surface area contributed by atoms with Gasteiger partial charge in [0.25, 0.3) is 0 Å². The van der Waals surface area contributed by atoms with Crippen molar-refractivity contribution in [3.63, 3.8) is 0 Å². The molecule has 0 radical (unpaired) electrons. The Morgan fingerprint density at radius 2 is 1.55 bits per heavy atom. The fraction of sp³-hybridized carbons (Fsp3) is 0.562. The predicted octanol–water partition coefficient (Wildman–Crippen LogP) is 4.49. The number of nitrogens with zero attached hydrogens (tertiary/aromatic N) is 1. The first-order chi connectivity index (χ1) is 10.5. The Morgan fingerprint density at radius 3 is 1.77 bits per heavy atom. The van der Waals surface area contributed by atoms with E-state index in [1.54, 1.807) is 31.3 Å². The quantitative estimate of drug-likeness (QED) is 0.733. The number of carbonyl (C=O) groups excluding carboxylic acids is 1. The Morgan fingerprint density at radius 1 is 1.14 bits per heavy atom. The minimum Gasteiger partial charge on any atom is -0.354 e. The lowest BCUT2D eigenvalue weighted by molar-refractivity contribution is -0.143. The summed E-state index contributed by atoms with van der Waals surface area (Å²) in [5.41, 5.74) is 0. The second kappa shape index (κ2) is 15.1. The monoisotopic (exact) mass is 351 g/mol. The van der Waals surface area contributed by atoms with Gasteiger partial charge in [-0.05, 0) is 19.1 Å². The molecule has 1 amide bonds. The molecule has 0 bridgehead atoms. The lowest BCUT2D eigenvalue weighted by Gasteiger charge is -2.23. The molecule has 0 spiro atoms. The van der Waals surface area contributed by atoms with Crippen LogP contribution in [0.1, 0.15) is 27.7 Å². The molecule has 0 unspecified atom stereocenters. The lowest BCUT2D eigenvalue weighted by Crippen LogP contribution is -2.37. The summed E-state index contributed by atoms with van der Waals surface area (Å²) in [5, 5.41) is 1.21. The first-order valence-corrected chi connectivity index (χ1v) is 7.92. The van der Waals surface area contributed by atoms with E-state index in [0.29, 0.717) is 23.1 Å². The van der Waals surface area contributed by atoms with Gasteiger partial charge in [0.2, 0.25) is 5.91 Å². The number of hydrogen-bond acceptors (Lipinski definition) is 3. The number of methoxy groups -OCH3 is 2. The molecule has 6 heteroatoms. The van der Waals surface area contributed by atoms with Crippen molar-refractivity contribution >= 4 is 29.1 Å². The van der Waals surface area contributed by atoms with E-state index in [1.807, 2.05) is 32.9 Å². The zero-order chi connectivity index (χ0) is 17.5. The summed E-state index contributed by atoms with van der Waals surface area (Å²) in [7, 11) is 3.12. The van der Waals surface area contributed by atoms with Gasteiger partial charge in [0.05, 0.1) is 16.6 Å². The Hall–Kier alpha value is -0.810. The van der Waals surface area contributed by atoms with Gasteiger partial charge in [0, 0.05) is 27.7 Å². The molecule has 4 nitrogen and oxygen atoms in total. The highest BCUT2D eigenvalue weighted by molar-refractivity contribution is 6.41. The summed E-state index contributed by atoms with van der Waals surface area (Å²) in [4.78, 5) is 12.6. The van der Waals surface area contributed by atoms with Gasteiger partial charge in [0.15, 0.2) is 6.29 Å². The maximum absolute atomic E-state index is 11.0. The van der Waals surface area contributed by atoms with E-state index >= 15 is 0 Å². The molecule has 1 aromatic rings. The Bertz CT molecular complexity index is 378. The molecule has 128 valence electrons. The number of likely N-dealkylation sites (N-methyl/N-ethyl adjacent to an activating group) is 1. The fourth-order valence-corrected chi connectivity index (χ4v) is 1.62. The Balaban J connectivity index is 0. The van der Waals surface area contributed by atoms with Crippen molar-refractivity contribution < 1.29 is 14.3 Å². The van der Waals surface area contributed by atoms with Crippen LogP contribution < -0.4 is 0 Å². The summed E-state index contributed by atoms with van der Waals surface area (Å²) in [6.07, 6.45) is -0.325. The van der Waals surface area contributed by atoms with Crippen LogP contribution in [-0.2, 0) is 14.3 Å². The van der Waals surface area contributed by atoms with Crippen LogP contribution in [0, 0.1) is 0 Å². The van der Waals surface area contributed by atoms with E-state index in [9.17, 15) is 4.79 Å². The average molecular weight is 352 g/mol. The number of amides is 1. The molecule has 0 heterocycles. The van der Waals surface area contributed by atoms with Gasteiger partial charge in [-0.2, -0.15) is 0 Å². The third-order valence-electron chi connectivity index (χ3n) is 2.55. The molecule has 0 saturated heterocycles. The first-order valence-electron chi connectivity index (χ1n) is 7.17. The normalized spacial score (nSPS) is 9.32. The molecule has 0 atom stereocenters. The van der Waals surface area contributed by atoms with Gasteiger partial charge in [0.1, 0.15) is 0 Å². The summed E-state index contributed by atoms with van der Waals surface area (Å²) < 4.78 is 9.93. The summed E-state index contributed by atoms with van der Waals surface area (Å²) >= 11 is 11.2. The standard InChI is InChI=1S/C8H17NO3.C6H4Cl2.C2H6/c1-5-9(7(2)10)6-8(11-3)12-4;7-5-3-1-2-4-6(5)8;1-2/h8H,5-6H2,1-4H3;1-4H;1-2H3. The van der Waals surface area contributed by atoms with Gasteiger partial charge >= 0.3 is 0 Å². The van der Waals surface area contributed by atoms with Crippen LogP contribution in [0.2, 0.25) is 10.0 Å². The molecule has 0 N–H and O–H groups in total. The van der Waals surface area contributed by atoms with Crippen molar-refractivity contribution in [3.8, 4) is 0 Å². The molecule has 0 fully saturated rings. The number of ether oxygens (including phenoxy) is 2. The highest BCUT2D eigenvalue weighted by Gasteiger charge is 2.12. The van der Waals surface area contributed by atoms with E-state index < -0.39 is 0 Å².